The Hall–Kier alpha value is -2.58. The van der Waals surface area contributed by atoms with Crippen molar-refractivity contribution in [2.75, 3.05) is 24.9 Å². The van der Waals surface area contributed by atoms with Crippen molar-refractivity contribution in [1.82, 2.24) is 5.32 Å². The maximum atomic E-state index is 12.6. The minimum absolute atomic E-state index is 0.0166. The van der Waals surface area contributed by atoms with Crippen LogP contribution in [-0.2, 0) is 10.0 Å². The number of ether oxygens (including phenoxy) is 1. The number of hydrogen-bond donors (Lipinski definition) is 3. The molecule has 0 aromatic heterocycles. The summed E-state index contributed by atoms with van der Waals surface area (Å²) >= 11 is 0. The van der Waals surface area contributed by atoms with Crippen LogP contribution >= 0.6 is 0 Å². The van der Waals surface area contributed by atoms with E-state index in [1.807, 2.05) is 0 Å². The van der Waals surface area contributed by atoms with Crippen molar-refractivity contribution in [3.63, 3.8) is 0 Å². The third-order valence-electron chi connectivity index (χ3n) is 3.77. The number of carbonyl (C=O) groups excluding carboxylic acids is 1. The molecule has 0 fully saturated rings. The van der Waals surface area contributed by atoms with Crippen LogP contribution in [0.25, 0.3) is 0 Å². The van der Waals surface area contributed by atoms with E-state index in [9.17, 15) is 13.2 Å². The second kappa shape index (κ2) is 8.68. The van der Waals surface area contributed by atoms with Gasteiger partial charge in [0.05, 0.1) is 12.0 Å². The number of hydrogen-bond acceptors (Lipinski definition) is 5. The summed E-state index contributed by atoms with van der Waals surface area (Å²) in [6.45, 7) is 2.67. The van der Waals surface area contributed by atoms with Crippen molar-refractivity contribution in [1.29, 1.82) is 0 Å². The minimum Gasteiger partial charge on any atom is -0.497 e. The molecule has 0 unspecified atom stereocenters. The molecule has 2 rings (SSSR count). The summed E-state index contributed by atoms with van der Waals surface area (Å²) in [6.07, 6.45) is 0.655. The zero-order valence-corrected chi connectivity index (χ0v) is 15.6. The maximum absolute atomic E-state index is 12.6. The quantitative estimate of drug-likeness (QED) is 0.609. The molecule has 7 nitrogen and oxygen atoms in total. The van der Waals surface area contributed by atoms with Crippen molar-refractivity contribution in [3.05, 3.63) is 53.6 Å². The van der Waals surface area contributed by atoms with Crippen molar-refractivity contribution < 1.29 is 17.9 Å². The van der Waals surface area contributed by atoms with Crippen LogP contribution in [0.1, 0.15) is 22.3 Å². The van der Waals surface area contributed by atoms with E-state index in [1.54, 1.807) is 37.3 Å². The number of rotatable bonds is 8. The fourth-order valence-corrected chi connectivity index (χ4v) is 3.37. The molecule has 1 amide bonds. The van der Waals surface area contributed by atoms with Gasteiger partial charge in [-0.15, -0.1) is 0 Å². The van der Waals surface area contributed by atoms with Gasteiger partial charge in [0.2, 0.25) is 0 Å². The average molecular weight is 377 g/mol. The van der Waals surface area contributed by atoms with Crippen LogP contribution in [-0.4, -0.2) is 34.5 Å². The van der Waals surface area contributed by atoms with E-state index < -0.39 is 10.0 Å². The van der Waals surface area contributed by atoms with Gasteiger partial charge in [0.25, 0.3) is 15.9 Å². The highest BCUT2D eigenvalue weighted by molar-refractivity contribution is 7.92. The molecule has 0 aliphatic rings. The predicted octanol–water partition coefficient (Wildman–Crippen LogP) is 1.88. The van der Waals surface area contributed by atoms with E-state index >= 15 is 0 Å². The lowest BCUT2D eigenvalue weighted by atomic mass is 10.1. The molecule has 0 spiro atoms. The molecule has 0 atom stereocenters. The second-order valence-electron chi connectivity index (χ2n) is 5.71. The van der Waals surface area contributed by atoms with Crippen LogP contribution < -0.4 is 20.5 Å². The van der Waals surface area contributed by atoms with Crippen LogP contribution in [0.15, 0.2) is 47.4 Å². The van der Waals surface area contributed by atoms with Gasteiger partial charge < -0.3 is 15.8 Å². The van der Waals surface area contributed by atoms with Crippen LogP contribution in [0.4, 0.5) is 5.69 Å². The number of sulfonamides is 1. The lowest BCUT2D eigenvalue weighted by molar-refractivity contribution is 0.0952. The molecule has 4 N–H and O–H groups in total. The Morgan fingerprint density at radius 2 is 1.85 bits per heavy atom. The highest BCUT2D eigenvalue weighted by atomic mass is 32.2. The molecule has 0 heterocycles. The van der Waals surface area contributed by atoms with Gasteiger partial charge in [-0.1, -0.05) is 6.07 Å². The molecule has 0 aliphatic carbocycles. The Balaban J connectivity index is 2.23. The molecule has 0 radical (unpaired) electrons. The molecule has 26 heavy (non-hydrogen) atoms. The van der Waals surface area contributed by atoms with Gasteiger partial charge in [-0.2, -0.15) is 0 Å². The van der Waals surface area contributed by atoms with Gasteiger partial charge in [0, 0.05) is 17.8 Å². The number of aryl methyl sites for hydroxylation is 1. The van der Waals surface area contributed by atoms with Crippen LogP contribution in [0.5, 0.6) is 5.75 Å². The summed E-state index contributed by atoms with van der Waals surface area (Å²) in [5.74, 6) is 0.303. The Kier molecular flexibility index (Phi) is 6.59. The predicted molar refractivity (Wildman–Crippen MR) is 101 cm³/mol. The molecule has 2 aromatic rings. The molecule has 140 valence electrons. The summed E-state index contributed by atoms with van der Waals surface area (Å²) in [7, 11) is -2.29. The number of benzene rings is 2. The van der Waals surface area contributed by atoms with Crippen molar-refractivity contribution >= 4 is 21.6 Å². The summed E-state index contributed by atoms with van der Waals surface area (Å²) in [5, 5.41) is 2.73. The molecule has 0 saturated heterocycles. The van der Waals surface area contributed by atoms with Gasteiger partial charge in [-0.05, 0) is 61.9 Å². The average Bonchev–Trinajstić information content (AvgIpc) is 2.62. The van der Waals surface area contributed by atoms with Crippen molar-refractivity contribution in [3.8, 4) is 5.75 Å². The number of nitrogens with one attached hydrogen (secondary N) is 2. The Morgan fingerprint density at radius 1 is 1.15 bits per heavy atom. The molecule has 0 bridgehead atoms. The zero-order valence-electron chi connectivity index (χ0n) is 14.8. The molecule has 2 aromatic carbocycles. The van der Waals surface area contributed by atoms with Crippen molar-refractivity contribution in [2.24, 2.45) is 5.73 Å². The SMILES string of the molecule is COc1ccc(NS(=O)(=O)c2ccc(C)c(C(=O)NCCCN)c2)cc1. The third kappa shape index (κ3) is 4.96. The molecule has 0 saturated carbocycles. The highest BCUT2D eigenvalue weighted by Gasteiger charge is 2.18. The number of nitrogens with two attached hydrogens (primary N) is 1. The van der Waals surface area contributed by atoms with Crippen LogP contribution in [0.2, 0.25) is 0 Å². The standard InChI is InChI=1S/C18H23N3O4S/c1-13-4-9-16(12-17(13)18(22)20-11-3-10-19)26(23,24)21-14-5-7-15(25-2)8-6-14/h4-9,12,21H,3,10-11,19H2,1-2H3,(H,20,22). The van der Waals surface area contributed by atoms with E-state index in [-0.39, 0.29) is 10.8 Å². The van der Waals surface area contributed by atoms with Crippen molar-refractivity contribution in [2.45, 2.75) is 18.2 Å². The summed E-state index contributed by atoms with van der Waals surface area (Å²) in [4.78, 5) is 12.3. The number of methoxy groups -OCH3 is 1. The second-order valence-corrected chi connectivity index (χ2v) is 7.39. The third-order valence-corrected chi connectivity index (χ3v) is 5.15. The molecule has 8 heteroatoms. The normalized spacial score (nSPS) is 11.0. The van der Waals surface area contributed by atoms with E-state index in [0.717, 1.165) is 0 Å². The Bertz CT molecular complexity index is 865. The lowest BCUT2D eigenvalue weighted by Gasteiger charge is -2.12. The van der Waals surface area contributed by atoms with E-state index in [0.29, 0.717) is 42.1 Å². The van der Waals surface area contributed by atoms with Crippen LogP contribution in [0.3, 0.4) is 0 Å². The van der Waals surface area contributed by atoms with Crippen LogP contribution in [0, 0.1) is 6.92 Å². The Morgan fingerprint density at radius 3 is 2.46 bits per heavy atom. The van der Waals surface area contributed by atoms with Gasteiger partial charge in [-0.25, -0.2) is 8.42 Å². The number of anilines is 1. The highest BCUT2D eigenvalue weighted by Crippen LogP contribution is 2.21. The fraction of sp³-hybridized carbons (Fsp3) is 0.278. The minimum atomic E-state index is -3.82. The van der Waals surface area contributed by atoms with E-state index in [2.05, 4.69) is 10.0 Å². The largest absolute Gasteiger partial charge is 0.497 e. The first-order valence-corrected chi connectivity index (χ1v) is 9.61. The van der Waals surface area contributed by atoms with Gasteiger partial charge in [0.15, 0.2) is 0 Å². The molecular formula is C18H23N3O4S. The number of amides is 1. The lowest BCUT2D eigenvalue weighted by Crippen LogP contribution is -2.27. The smallest absolute Gasteiger partial charge is 0.261 e. The summed E-state index contributed by atoms with van der Waals surface area (Å²) in [5.41, 5.74) is 6.82. The maximum Gasteiger partial charge on any atom is 0.261 e. The first-order valence-electron chi connectivity index (χ1n) is 8.13. The van der Waals surface area contributed by atoms with Gasteiger partial charge >= 0.3 is 0 Å². The summed E-state index contributed by atoms with van der Waals surface area (Å²) in [6, 6.07) is 11.0. The molecular weight excluding hydrogens is 354 g/mol. The monoisotopic (exact) mass is 377 g/mol. The Labute approximate surface area is 153 Å². The number of carbonyl (C=O) groups is 1. The van der Waals surface area contributed by atoms with Gasteiger partial charge in [0.1, 0.15) is 5.75 Å². The van der Waals surface area contributed by atoms with Gasteiger partial charge in [-0.3, -0.25) is 9.52 Å². The first kappa shape index (κ1) is 19.7. The van der Waals surface area contributed by atoms with E-state index in [1.165, 1.54) is 19.2 Å². The first-order chi connectivity index (χ1) is 12.4. The van der Waals surface area contributed by atoms with E-state index in [4.69, 9.17) is 10.5 Å². The molecule has 0 aliphatic heterocycles. The summed E-state index contributed by atoms with van der Waals surface area (Å²) < 4.78 is 32.8. The fourth-order valence-electron chi connectivity index (χ4n) is 2.29. The zero-order chi connectivity index (χ0) is 19.2. The topological polar surface area (TPSA) is 111 Å².